The van der Waals surface area contributed by atoms with E-state index in [-0.39, 0.29) is 39.0 Å². The van der Waals surface area contributed by atoms with E-state index in [1.807, 2.05) is 0 Å². The summed E-state index contributed by atoms with van der Waals surface area (Å²) >= 11 is 0. The van der Waals surface area contributed by atoms with Crippen LogP contribution in [-0.4, -0.2) is 32.3 Å². The number of aliphatic hydroxyl groups is 2. The van der Waals surface area contributed by atoms with Gasteiger partial charge in [-0.3, -0.25) is 4.79 Å². The summed E-state index contributed by atoms with van der Waals surface area (Å²) in [5, 5.41) is 41.9. The summed E-state index contributed by atoms with van der Waals surface area (Å²) in [6.45, 7) is 3.36. The Morgan fingerprint density at radius 2 is 1.97 bits per heavy atom. The molecule has 2 atom stereocenters. The summed E-state index contributed by atoms with van der Waals surface area (Å²) in [5.41, 5.74) is -2.43. The number of hydrogen-bond donors (Lipinski definition) is 4. The van der Waals surface area contributed by atoms with Gasteiger partial charge in [-0.25, -0.2) is 0 Å². The van der Waals surface area contributed by atoms with Crippen LogP contribution in [0.1, 0.15) is 31.4 Å². The predicted octanol–water partition coefficient (Wildman–Crippen LogP) is 2.51. The fourth-order valence-corrected chi connectivity index (χ4v) is 4.06. The Balaban J connectivity index is 1.80. The Labute approximate surface area is 170 Å². The van der Waals surface area contributed by atoms with Gasteiger partial charge in [0.1, 0.15) is 39.2 Å². The summed E-state index contributed by atoms with van der Waals surface area (Å²) in [4.78, 5) is 13.3. The van der Waals surface area contributed by atoms with Gasteiger partial charge in [0.25, 0.3) is 6.29 Å². The number of aromatic hydroxyl groups is 2. The van der Waals surface area contributed by atoms with Crippen molar-refractivity contribution in [3.63, 3.8) is 0 Å². The van der Waals surface area contributed by atoms with Crippen LogP contribution in [-0.2, 0) is 16.8 Å². The van der Waals surface area contributed by atoms with Crippen LogP contribution in [0.3, 0.4) is 0 Å². The number of phenols is 2. The minimum Gasteiger partial charge on any atom is -0.507 e. The second kappa shape index (κ2) is 5.90. The quantitative estimate of drug-likeness (QED) is 0.483. The number of phenolic OH excluding ortho intramolecular Hbond substituents is 2. The third-order valence-corrected chi connectivity index (χ3v) is 5.64. The molecular weight excluding hydrogens is 392 g/mol. The van der Waals surface area contributed by atoms with Crippen molar-refractivity contribution in [3.8, 4) is 17.2 Å². The van der Waals surface area contributed by atoms with E-state index >= 15 is 0 Å². The van der Waals surface area contributed by atoms with Crippen molar-refractivity contribution < 1.29 is 34.3 Å². The van der Waals surface area contributed by atoms with E-state index in [0.717, 1.165) is 0 Å². The molecule has 4 N–H and O–H groups in total. The first-order chi connectivity index (χ1) is 14.1. The Bertz CT molecular complexity index is 1300. The third-order valence-electron chi connectivity index (χ3n) is 5.64. The zero-order chi connectivity index (χ0) is 21.4. The third kappa shape index (κ3) is 2.50. The van der Waals surface area contributed by atoms with Crippen LogP contribution >= 0.6 is 0 Å². The fourth-order valence-electron chi connectivity index (χ4n) is 4.06. The molecule has 3 heterocycles. The molecule has 1 unspecified atom stereocenters. The summed E-state index contributed by atoms with van der Waals surface area (Å²) in [6, 6.07) is 4.44. The van der Waals surface area contributed by atoms with Crippen LogP contribution in [0.5, 0.6) is 17.2 Å². The van der Waals surface area contributed by atoms with E-state index in [2.05, 4.69) is 0 Å². The lowest BCUT2D eigenvalue weighted by atomic mass is 9.92. The van der Waals surface area contributed by atoms with Gasteiger partial charge in [-0.1, -0.05) is 6.07 Å². The van der Waals surface area contributed by atoms with Gasteiger partial charge in [-0.2, -0.15) is 0 Å². The molecule has 30 heavy (non-hydrogen) atoms. The van der Waals surface area contributed by atoms with Gasteiger partial charge < -0.3 is 34.3 Å². The van der Waals surface area contributed by atoms with Crippen LogP contribution in [0.25, 0.3) is 21.9 Å². The van der Waals surface area contributed by atoms with Crippen LogP contribution < -0.4 is 10.2 Å². The summed E-state index contributed by atoms with van der Waals surface area (Å²) < 4.78 is 16.7. The molecule has 8 nitrogen and oxygen atoms in total. The van der Waals surface area contributed by atoms with Crippen LogP contribution in [0, 0.1) is 0 Å². The molecule has 0 bridgehead atoms. The van der Waals surface area contributed by atoms with E-state index < -0.39 is 28.7 Å². The Hall–Kier alpha value is -3.23. The van der Waals surface area contributed by atoms with Crippen molar-refractivity contribution in [2.45, 2.75) is 44.2 Å². The Morgan fingerprint density at radius 1 is 1.20 bits per heavy atom. The van der Waals surface area contributed by atoms with E-state index in [0.29, 0.717) is 18.4 Å². The SMILES string of the molecule is CC(C)(O)CCc1ccc(O)c2c(=O)c3c(O)c4c(cc3oc12)OC1OC=C[C@]41O. The molecule has 0 aliphatic carbocycles. The lowest BCUT2D eigenvalue weighted by Crippen LogP contribution is -2.33. The minimum atomic E-state index is -1.73. The Kier molecular flexibility index (Phi) is 3.69. The van der Waals surface area contributed by atoms with Crippen molar-refractivity contribution >= 4 is 21.9 Å². The first kappa shape index (κ1) is 18.8. The smallest absolute Gasteiger partial charge is 0.277 e. The van der Waals surface area contributed by atoms with E-state index in [1.54, 1.807) is 19.9 Å². The van der Waals surface area contributed by atoms with Crippen molar-refractivity contribution in [3.05, 3.63) is 51.9 Å². The van der Waals surface area contributed by atoms with E-state index in [1.165, 1.54) is 24.5 Å². The highest BCUT2D eigenvalue weighted by atomic mass is 16.7. The van der Waals surface area contributed by atoms with Gasteiger partial charge in [0, 0.05) is 6.07 Å². The van der Waals surface area contributed by atoms with E-state index in [9.17, 15) is 25.2 Å². The number of rotatable bonds is 3. The van der Waals surface area contributed by atoms with Gasteiger partial charge in [-0.15, -0.1) is 0 Å². The molecule has 1 aromatic heterocycles. The molecule has 0 fully saturated rings. The molecule has 5 rings (SSSR count). The second-order valence-electron chi connectivity index (χ2n) is 8.38. The standard InChI is InChI=1S/C22H20O8/c1-21(2,26)6-5-10-3-4-11(23)14-17(24)15-12(29-19(10)14)9-13-16(18(15)25)22(27)7-8-28-20(22)30-13/h3-4,7-9,20,23,25-27H,5-6H2,1-2H3/t20?,22-/m0/s1. The highest BCUT2D eigenvalue weighted by Crippen LogP contribution is 2.52. The largest absolute Gasteiger partial charge is 0.507 e. The molecule has 0 saturated carbocycles. The number of hydrogen-bond acceptors (Lipinski definition) is 8. The number of benzene rings is 2. The molecule has 0 amide bonds. The van der Waals surface area contributed by atoms with Gasteiger partial charge >= 0.3 is 0 Å². The minimum absolute atomic E-state index is 0.0121. The first-order valence-corrected chi connectivity index (χ1v) is 9.52. The van der Waals surface area contributed by atoms with Crippen molar-refractivity contribution in [1.82, 2.24) is 0 Å². The number of aryl methyl sites for hydroxylation is 1. The van der Waals surface area contributed by atoms with Gasteiger partial charge in [-0.05, 0) is 44.4 Å². The van der Waals surface area contributed by atoms with Crippen LogP contribution in [0.4, 0.5) is 0 Å². The van der Waals surface area contributed by atoms with Crippen molar-refractivity contribution in [1.29, 1.82) is 0 Å². The average molecular weight is 412 g/mol. The van der Waals surface area contributed by atoms with Crippen LogP contribution in [0.2, 0.25) is 0 Å². The number of ether oxygens (including phenoxy) is 2. The number of fused-ring (bicyclic) bond motifs is 5. The normalized spacial score (nSPS) is 22.2. The van der Waals surface area contributed by atoms with Crippen LogP contribution in [0.15, 0.2) is 39.7 Å². The molecule has 0 radical (unpaired) electrons. The lowest BCUT2D eigenvalue weighted by molar-refractivity contribution is -0.110. The topological polar surface area (TPSA) is 130 Å². The van der Waals surface area contributed by atoms with Gasteiger partial charge in [0.2, 0.25) is 5.43 Å². The molecule has 0 spiro atoms. The average Bonchev–Trinajstić information content (AvgIpc) is 3.13. The fraction of sp³-hybridized carbons (Fsp3) is 0.318. The summed E-state index contributed by atoms with van der Waals surface area (Å²) in [7, 11) is 0. The second-order valence-corrected chi connectivity index (χ2v) is 8.38. The maximum Gasteiger partial charge on any atom is 0.277 e. The Morgan fingerprint density at radius 3 is 2.70 bits per heavy atom. The van der Waals surface area contributed by atoms with Gasteiger partial charge in [0.05, 0.1) is 17.4 Å². The zero-order valence-electron chi connectivity index (χ0n) is 16.3. The molecule has 8 heteroatoms. The molecule has 0 saturated heterocycles. The molecule has 2 aromatic carbocycles. The van der Waals surface area contributed by atoms with Crippen molar-refractivity contribution in [2.75, 3.05) is 0 Å². The molecule has 2 aliphatic heterocycles. The molecular formula is C22H20O8. The molecule has 2 aliphatic rings. The highest BCUT2D eigenvalue weighted by Gasteiger charge is 2.53. The predicted molar refractivity (Wildman–Crippen MR) is 106 cm³/mol. The first-order valence-electron chi connectivity index (χ1n) is 9.52. The highest BCUT2D eigenvalue weighted by molar-refractivity contribution is 5.98. The zero-order valence-corrected chi connectivity index (χ0v) is 16.3. The molecule has 156 valence electrons. The monoisotopic (exact) mass is 412 g/mol. The maximum atomic E-state index is 13.3. The lowest BCUT2D eigenvalue weighted by Gasteiger charge is -2.19. The van der Waals surface area contributed by atoms with Crippen molar-refractivity contribution in [2.24, 2.45) is 0 Å². The van der Waals surface area contributed by atoms with Gasteiger partial charge in [0.15, 0.2) is 5.60 Å². The van der Waals surface area contributed by atoms with E-state index in [4.69, 9.17) is 13.9 Å². The maximum absolute atomic E-state index is 13.3. The summed E-state index contributed by atoms with van der Waals surface area (Å²) in [6.07, 6.45) is 2.34. The molecule has 3 aromatic rings. The summed E-state index contributed by atoms with van der Waals surface area (Å²) in [5.74, 6) is -0.637.